The number of hydrogen-bond donors (Lipinski definition) is 1. The fraction of sp³-hybridized carbons (Fsp3) is 0.417. The summed E-state index contributed by atoms with van der Waals surface area (Å²) in [6.45, 7) is 2.32. The molecule has 2 rings (SSSR count). The van der Waals surface area contributed by atoms with Gasteiger partial charge >= 0.3 is 5.97 Å². The summed E-state index contributed by atoms with van der Waals surface area (Å²) in [5.41, 5.74) is 2.03. The largest absolute Gasteiger partial charge is 0.489 e. The minimum Gasteiger partial charge on any atom is -0.489 e. The van der Waals surface area contributed by atoms with Crippen molar-refractivity contribution in [1.82, 2.24) is 0 Å². The number of carbonyl (C=O) groups excluding carboxylic acids is 1. The van der Waals surface area contributed by atoms with Crippen LogP contribution < -0.4 is 4.74 Å². The van der Waals surface area contributed by atoms with Gasteiger partial charge in [-0.15, -0.1) is 12.6 Å². The van der Waals surface area contributed by atoms with Gasteiger partial charge in [0.2, 0.25) is 0 Å². The van der Waals surface area contributed by atoms with Gasteiger partial charge in [0.05, 0.1) is 7.11 Å². The lowest BCUT2D eigenvalue weighted by molar-refractivity contribution is -0.148. The molecule has 0 radical (unpaired) electrons. The number of fused-ring (bicyclic) bond motifs is 1. The van der Waals surface area contributed by atoms with E-state index < -0.39 is 5.97 Å². The number of hydrogen-bond acceptors (Lipinski definition) is 5. The predicted molar refractivity (Wildman–Crippen MR) is 64.6 cm³/mol. The van der Waals surface area contributed by atoms with Crippen molar-refractivity contribution in [2.24, 2.45) is 0 Å². The Balaban J connectivity index is 2.13. The molecule has 0 spiro atoms. The van der Waals surface area contributed by atoms with E-state index >= 15 is 0 Å². The van der Waals surface area contributed by atoms with Gasteiger partial charge in [0.25, 0.3) is 0 Å². The van der Waals surface area contributed by atoms with Crippen LogP contribution in [-0.4, -0.2) is 26.3 Å². The van der Waals surface area contributed by atoms with E-state index in [1.165, 1.54) is 7.11 Å². The topological polar surface area (TPSA) is 44.8 Å². The van der Waals surface area contributed by atoms with Crippen LogP contribution in [0.1, 0.15) is 17.2 Å². The Hall–Kier alpha value is -1.20. The molecule has 1 heterocycles. The van der Waals surface area contributed by atoms with E-state index in [1.54, 1.807) is 0 Å². The molecule has 0 fully saturated rings. The van der Waals surface area contributed by atoms with Crippen LogP contribution in [0.15, 0.2) is 17.0 Å². The first-order valence-electron chi connectivity index (χ1n) is 5.26. The molecule has 0 aliphatic carbocycles. The Labute approximate surface area is 105 Å². The molecule has 1 aliphatic heterocycles. The van der Waals surface area contributed by atoms with Crippen molar-refractivity contribution in [1.29, 1.82) is 0 Å². The SMILES string of the molecule is COC(=O)COC1COc2c(S)cc(C)cc21. The van der Waals surface area contributed by atoms with Gasteiger partial charge in [-0.3, -0.25) is 0 Å². The molecular weight excluding hydrogens is 240 g/mol. The average molecular weight is 254 g/mol. The van der Waals surface area contributed by atoms with E-state index in [9.17, 15) is 4.79 Å². The average Bonchev–Trinajstić information content (AvgIpc) is 2.69. The third-order valence-corrected chi connectivity index (χ3v) is 2.93. The summed E-state index contributed by atoms with van der Waals surface area (Å²) < 4.78 is 15.5. The molecule has 1 aliphatic rings. The van der Waals surface area contributed by atoms with Crippen LogP contribution in [0.5, 0.6) is 5.75 Å². The smallest absolute Gasteiger partial charge is 0.331 e. The van der Waals surface area contributed by atoms with E-state index in [2.05, 4.69) is 17.4 Å². The Bertz CT molecular complexity index is 444. The van der Waals surface area contributed by atoms with E-state index in [1.807, 2.05) is 19.1 Å². The van der Waals surface area contributed by atoms with Crippen LogP contribution in [0.3, 0.4) is 0 Å². The monoisotopic (exact) mass is 254 g/mol. The Kier molecular flexibility index (Phi) is 3.59. The van der Waals surface area contributed by atoms with Crippen molar-refractivity contribution < 1.29 is 19.0 Å². The summed E-state index contributed by atoms with van der Waals surface area (Å²) in [6, 6.07) is 3.93. The minimum atomic E-state index is -0.391. The van der Waals surface area contributed by atoms with E-state index in [-0.39, 0.29) is 12.7 Å². The molecule has 0 saturated carbocycles. The number of methoxy groups -OCH3 is 1. The molecule has 0 bridgehead atoms. The number of ether oxygens (including phenoxy) is 3. The van der Waals surface area contributed by atoms with Crippen LogP contribution in [0.2, 0.25) is 0 Å². The summed E-state index contributed by atoms with van der Waals surface area (Å²) >= 11 is 4.35. The van der Waals surface area contributed by atoms with Crippen LogP contribution in [0, 0.1) is 6.92 Å². The van der Waals surface area contributed by atoms with Crippen LogP contribution in [0.4, 0.5) is 0 Å². The van der Waals surface area contributed by atoms with Crippen LogP contribution >= 0.6 is 12.6 Å². The van der Waals surface area contributed by atoms with Crippen LogP contribution in [-0.2, 0) is 14.3 Å². The van der Waals surface area contributed by atoms with Gasteiger partial charge in [-0.1, -0.05) is 0 Å². The zero-order valence-electron chi connectivity index (χ0n) is 9.73. The van der Waals surface area contributed by atoms with Gasteiger partial charge in [-0.2, -0.15) is 0 Å². The molecule has 1 unspecified atom stereocenters. The molecule has 1 aromatic rings. The molecular formula is C12H14O4S. The van der Waals surface area contributed by atoms with E-state index in [4.69, 9.17) is 9.47 Å². The van der Waals surface area contributed by atoms with Crippen molar-refractivity contribution in [3.63, 3.8) is 0 Å². The summed E-state index contributed by atoms with van der Waals surface area (Å²) in [6.07, 6.45) is -0.227. The first kappa shape index (κ1) is 12.3. The maximum absolute atomic E-state index is 11.0. The lowest BCUT2D eigenvalue weighted by atomic mass is 10.1. The third-order valence-electron chi connectivity index (χ3n) is 2.60. The molecule has 0 amide bonds. The maximum atomic E-state index is 11.0. The highest BCUT2D eigenvalue weighted by atomic mass is 32.1. The fourth-order valence-electron chi connectivity index (χ4n) is 1.79. The summed E-state index contributed by atoms with van der Waals surface area (Å²) in [4.78, 5) is 11.8. The second-order valence-electron chi connectivity index (χ2n) is 3.89. The zero-order chi connectivity index (χ0) is 12.4. The molecule has 1 aromatic carbocycles. The number of benzene rings is 1. The van der Waals surface area contributed by atoms with E-state index in [0.717, 1.165) is 21.8 Å². The predicted octanol–water partition coefficient (Wildman–Crippen LogP) is 1.91. The van der Waals surface area contributed by atoms with Gasteiger partial charge in [0, 0.05) is 10.5 Å². The summed E-state index contributed by atoms with van der Waals surface area (Å²) in [5, 5.41) is 0. The Morgan fingerprint density at radius 3 is 3.06 bits per heavy atom. The van der Waals surface area contributed by atoms with Crippen molar-refractivity contribution in [3.05, 3.63) is 23.3 Å². The molecule has 17 heavy (non-hydrogen) atoms. The van der Waals surface area contributed by atoms with E-state index in [0.29, 0.717) is 6.61 Å². The third kappa shape index (κ3) is 2.56. The van der Waals surface area contributed by atoms with Gasteiger partial charge in [0.1, 0.15) is 25.1 Å². The molecule has 0 N–H and O–H groups in total. The molecule has 4 nitrogen and oxygen atoms in total. The summed E-state index contributed by atoms with van der Waals surface area (Å²) in [7, 11) is 1.33. The molecule has 5 heteroatoms. The first-order chi connectivity index (χ1) is 8.11. The lowest BCUT2D eigenvalue weighted by Gasteiger charge is -2.10. The zero-order valence-corrected chi connectivity index (χ0v) is 10.6. The van der Waals surface area contributed by atoms with Crippen molar-refractivity contribution in [2.75, 3.05) is 20.3 Å². The fourth-order valence-corrected chi connectivity index (χ4v) is 2.19. The molecule has 0 saturated heterocycles. The standard InChI is InChI=1S/C12H14O4S/c1-7-3-8-9(15-6-11(13)14-2)5-16-12(8)10(17)4-7/h3-4,9,17H,5-6H2,1-2H3. The van der Waals surface area contributed by atoms with Gasteiger partial charge in [-0.25, -0.2) is 4.79 Å². The second-order valence-corrected chi connectivity index (χ2v) is 4.37. The van der Waals surface area contributed by atoms with Gasteiger partial charge in [0.15, 0.2) is 0 Å². The number of esters is 1. The highest BCUT2D eigenvalue weighted by Crippen LogP contribution is 2.39. The first-order valence-corrected chi connectivity index (χ1v) is 5.71. The van der Waals surface area contributed by atoms with Crippen molar-refractivity contribution >= 4 is 18.6 Å². The molecule has 92 valence electrons. The minimum absolute atomic E-state index is 0.0696. The van der Waals surface area contributed by atoms with Crippen LogP contribution in [0.25, 0.3) is 0 Å². The van der Waals surface area contributed by atoms with Gasteiger partial charge < -0.3 is 14.2 Å². The highest BCUT2D eigenvalue weighted by molar-refractivity contribution is 7.80. The number of aryl methyl sites for hydroxylation is 1. The molecule has 1 atom stereocenters. The highest BCUT2D eigenvalue weighted by Gasteiger charge is 2.27. The van der Waals surface area contributed by atoms with Crippen molar-refractivity contribution in [3.8, 4) is 5.75 Å². The number of thiol groups is 1. The lowest BCUT2D eigenvalue weighted by Crippen LogP contribution is -2.14. The molecule has 0 aromatic heterocycles. The number of carbonyl (C=O) groups is 1. The Morgan fingerprint density at radius 1 is 1.59 bits per heavy atom. The maximum Gasteiger partial charge on any atom is 0.331 e. The Morgan fingerprint density at radius 2 is 2.35 bits per heavy atom. The normalized spacial score (nSPS) is 17.5. The quantitative estimate of drug-likeness (QED) is 0.661. The number of rotatable bonds is 3. The van der Waals surface area contributed by atoms with Gasteiger partial charge in [-0.05, 0) is 24.6 Å². The second kappa shape index (κ2) is 4.98. The van der Waals surface area contributed by atoms with Crippen molar-refractivity contribution in [2.45, 2.75) is 17.9 Å². The summed E-state index contributed by atoms with van der Waals surface area (Å²) in [5.74, 6) is 0.353.